The summed E-state index contributed by atoms with van der Waals surface area (Å²) in [6, 6.07) is 16.5. The summed E-state index contributed by atoms with van der Waals surface area (Å²) in [5.74, 6) is 1.52. The molecule has 1 aromatic heterocycles. The fraction of sp³-hybridized carbons (Fsp3) is 0.385. The van der Waals surface area contributed by atoms with E-state index in [4.69, 9.17) is 4.52 Å². The maximum Gasteiger partial charge on any atom is 0.251 e. The van der Waals surface area contributed by atoms with Gasteiger partial charge in [-0.25, -0.2) is 0 Å². The Morgan fingerprint density at radius 2 is 1.71 bits per heavy atom. The lowest BCUT2D eigenvalue weighted by molar-refractivity contribution is -0.133. The zero-order valence-electron chi connectivity index (χ0n) is 19.3. The summed E-state index contributed by atoms with van der Waals surface area (Å²) in [7, 11) is 0. The van der Waals surface area contributed by atoms with Crippen molar-refractivity contribution in [3.63, 3.8) is 0 Å². The maximum atomic E-state index is 12.9. The molecule has 1 aliphatic carbocycles. The highest BCUT2D eigenvalue weighted by atomic mass is 16.5. The Balaban J connectivity index is 1.14. The Morgan fingerprint density at radius 3 is 2.35 bits per heavy atom. The molecule has 2 aliphatic rings. The van der Waals surface area contributed by atoms with Crippen molar-refractivity contribution in [2.45, 2.75) is 38.1 Å². The second kappa shape index (κ2) is 9.67. The van der Waals surface area contributed by atoms with Crippen molar-refractivity contribution in [3.8, 4) is 11.4 Å². The second-order valence-corrected chi connectivity index (χ2v) is 9.00. The molecule has 2 aromatic carbocycles. The first kappa shape index (κ1) is 22.1. The molecule has 2 fully saturated rings. The van der Waals surface area contributed by atoms with Crippen molar-refractivity contribution >= 4 is 17.5 Å². The quantitative estimate of drug-likeness (QED) is 0.607. The lowest BCUT2D eigenvalue weighted by atomic mass is 9.85. The van der Waals surface area contributed by atoms with Crippen molar-refractivity contribution in [2.75, 3.05) is 31.1 Å². The molecule has 0 bridgehead atoms. The molecule has 34 heavy (non-hydrogen) atoms. The van der Waals surface area contributed by atoms with Crippen LogP contribution in [0, 0.1) is 0 Å². The number of hydrogen-bond acceptors (Lipinski definition) is 6. The molecule has 5 rings (SSSR count). The van der Waals surface area contributed by atoms with Crippen LogP contribution in [0.15, 0.2) is 59.1 Å². The number of hydrogen-bond donors (Lipinski definition) is 1. The van der Waals surface area contributed by atoms with Crippen molar-refractivity contribution in [2.24, 2.45) is 0 Å². The SMILES string of the molecule is C[C@H](NC(=O)c1ccccc1)C(=O)N1CCN(c2ccc(-c3noc(C4CCC4)n3)cc2)CC1. The summed E-state index contributed by atoms with van der Waals surface area (Å²) < 4.78 is 5.44. The van der Waals surface area contributed by atoms with Crippen LogP contribution in [0.1, 0.15) is 48.4 Å². The first-order valence-corrected chi connectivity index (χ1v) is 11.9. The number of rotatable bonds is 6. The average molecular weight is 460 g/mol. The number of piperazine rings is 1. The normalized spacial score (nSPS) is 17.2. The zero-order chi connectivity index (χ0) is 23.5. The summed E-state index contributed by atoms with van der Waals surface area (Å²) in [6.45, 7) is 4.43. The van der Waals surface area contributed by atoms with E-state index in [2.05, 4.69) is 32.5 Å². The number of benzene rings is 2. The molecule has 8 heteroatoms. The minimum absolute atomic E-state index is 0.0568. The van der Waals surface area contributed by atoms with Crippen LogP contribution in [0.3, 0.4) is 0 Å². The fourth-order valence-electron chi connectivity index (χ4n) is 4.38. The van der Waals surface area contributed by atoms with Crippen LogP contribution in [0.5, 0.6) is 0 Å². The van der Waals surface area contributed by atoms with Gasteiger partial charge >= 0.3 is 0 Å². The van der Waals surface area contributed by atoms with Crippen LogP contribution in [-0.4, -0.2) is 59.1 Å². The number of anilines is 1. The topological polar surface area (TPSA) is 91.6 Å². The molecule has 3 aromatic rings. The molecular weight excluding hydrogens is 430 g/mol. The minimum atomic E-state index is -0.571. The van der Waals surface area contributed by atoms with E-state index in [1.54, 1.807) is 19.1 Å². The molecule has 1 saturated carbocycles. The highest BCUT2D eigenvalue weighted by Crippen LogP contribution is 2.36. The molecule has 176 valence electrons. The zero-order valence-corrected chi connectivity index (χ0v) is 19.3. The van der Waals surface area contributed by atoms with Gasteiger partial charge in [-0.05, 0) is 56.2 Å². The van der Waals surface area contributed by atoms with E-state index < -0.39 is 6.04 Å². The monoisotopic (exact) mass is 459 g/mol. The highest BCUT2D eigenvalue weighted by Gasteiger charge is 2.27. The van der Waals surface area contributed by atoms with E-state index >= 15 is 0 Å². The first-order chi connectivity index (χ1) is 16.6. The summed E-state index contributed by atoms with van der Waals surface area (Å²) in [6.07, 6.45) is 3.50. The highest BCUT2D eigenvalue weighted by molar-refractivity contribution is 5.97. The molecule has 1 atom stereocenters. The third kappa shape index (κ3) is 4.66. The van der Waals surface area contributed by atoms with Gasteiger partial charge in [0.25, 0.3) is 5.91 Å². The molecular formula is C26H29N5O3. The molecule has 8 nitrogen and oxygen atoms in total. The lowest BCUT2D eigenvalue weighted by Crippen LogP contribution is -2.54. The summed E-state index contributed by atoms with van der Waals surface area (Å²) in [5.41, 5.74) is 2.59. The van der Waals surface area contributed by atoms with E-state index in [0.29, 0.717) is 30.4 Å². The Hall–Kier alpha value is -3.68. The molecule has 1 N–H and O–H groups in total. The second-order valence-electron chi connectivity index (χ2n) is 9.00. The third-order valence-corrected chi connectivity index (χ3v) is 6.73. The van der Waals surface area contributed by atoms with Crippen LogP contribution in [0.25, 0.3) is 11.4 Å². The van der Waals surface area contributed by atoms with Gasteiger partial charge in [0, 0.05) is 48.9 Å². The van der Waals surface area contributed by atoms with Crippen LogP contribution in [0.4, 0.5) is 5.69 Å². The fourth-order valence-corrected chi connectivity index (χ4v) is 4.38. The van der Waals surface area contributed by atoms with Crippen LogP contribution >= 0.6 is 0 Å². The van der Waals surface area contributed by atoms with Crippen molar-refractivity contribution in [3.05, 3.63) is 66.1 Å². The largest absolute Gasteiger partial charge is 0.368 e. The van der Waals surface area contributed by atoms with Crippen molar-refractivity contribution < 1.29 is 14.1 Å². The van der Waals surface area contributed by atoms with Gasteiger partial charge in [-0.2, -0.15) is 4.98 Å². The summed E-state index contributed by atoms with van der Waals surface area (Å²) >= 11 is 0. The number of nitrogens with zero attached hydrogens (tertiary/aromatic N) is 4. The Kier molecular flexibility index (Phi) is 6.29. The summed E-state index contributed by atoms with van der Waals surface area (Å²) in [5, 5.41) is 6.95. The van der Waals surface area contributed by atoms with Gasteiger partial charge in [-0.15, -0.1) is 0 Å². The van der Waals surface area contributed by atoms with Gasteiger partial charge in [0.05, 0.1) is 0 Å². The number of amides is 2. The van der Waals surface area contributed by atoms with Gasteiger partial charge in [0.1, 0.15) is 6.04 Å². The molecule has 0 radical (unpaired) electrons. The average Bonchev–Trinajstić information content (AvgIpc) is 3.32. The lowest BCUT2D eigenvalue weighted by Gasteiger charge is -2.37. The number of carbonyl (C=O) groups is 2. The summed E-state index contributed by atoms with van der Waals surface area (Å²) in [4.78, 5) is 33.9. The first-order valence-electron chi connectivity index (χ1n) is 11.9. The Morgan fingerprint density at radius 1 is 1.00 bits per heavy atom. The number of carbonyl (C=O) groups excluding carboxylic acids is 2. The molecule has 2 heterocycles. The molecule has 1 aliphatic heterocycles. The van der Waals surface area contributed by atoms with Gasteiger partial charge in [-0.3, -0.25) is 9.59 Å². The van der Waals surface area contributed by atoms with E-state index in [1.165, 1.54) is 6.42 Å². The maximum absolute atomic E-state index is 12.9. The molecule has 0 unspecified atom stereocenters. The van der Waals surface area contributed by atoms with Gasteiger partial charge in [0.2, 0.25) is 17.6 Å². The Bertz CT molecular complexity index is 1130. The molecule has 2 amide bonds. The molecule has 0 spiro atoms. The van der Waals surface area contributed by atoms with Gasteiger partial charge < -0.3 is 19.6 Å². The predicted octanol–water partition coefficient (Wildman–Crippen LogP) is 3.47. The molecule has 1 saturated heterocycles. The van der Waals surface area contributed by atoms with Crippen LogP contribution < -0.4 is 10.2 Å². The van der Waals surface area contributed by atoms with E-state index in [-0.39, 0.29) is 11.8 Å². The predicted molar refractivity (Wildman–Crippen MR) is 128 cm³/mol. The van der Waals surface area contributed by atoms with Crippen molar-refractivity contribution in [1.29, 1.82) is 0 Å². The number of nitrogens with one attached hydrogen (secondary N) is 1. The minimum Gasteiger partial charge on any atom is -0.368 e. The van der Waals surface area contributed by atoms with E-state index in [0.717, 1.165) is 43.1 Å². The van der Waals surface area contributed by atoms with Crippen LogP contribution in [0.2, 0.25) is 0 Å². The van der Waals surface area contributed by atoms with Gasteiger partial charge in [0.15, 0.2) is 0 Å². The van der Waals surface area contributed by atoms with E-state index in [1.807, 2.05) is 35.2 Å². The Labute approximate surface area is 198 Å². The van der Waals surface area contributed by atoms with Crippen molar-refractivity contribution in [1.82, 2.24) is 20.4 Å². The number of aromatic nitrogens is 2. The van der Waals surface area contributed by atoms with E-state index in [9.17, 15) is 9.59 Å². The van der Waals surface area contributed by atoms with Gasteiger partial charge in [-0.1, -0.05) is 29.8 Å². The third-order valence-electron chi connectivity index (χ3n) is 6.73. The van der Waals surface area contributed by atoms with Crippen LogP contribution in [-0.2, 0) is 4.79 Å². The standard InChI is InChI=1S/C26H29N5O3/c1-18(27-24(32)20-6-3-2-4-7-20)26(33)31-16-14-30(15-17-31)22-12-10-19(11-13-22)23-28-25(34-29-23)21-8-5-9-21/h2-4,6-7,10-13,18,21H,5,8-9,14-17H2,1H3,(H,27,32)/t18-/m0/s1. The smallest absolute Gasteiger partial charge is 0.251 e.